The fraction of sp³-hybridized carbons (Fsp3) is 0.125. The predicted molar refractivity (Wildman–Crippen MR) is 122 cm³/mol. The number of hydrogen-bond donors (Lipinski definition) is 1. The fourth-order valence-electron chi connectivity index (χ4n) is 3.54. The lowest BCUT2D eigenvalue weighted by molar-refractivity contribution is -0.124. The number of thiocarbonyl (C=S) groups is 1. The molecule has 5 nitrogen and oxygen atoms in total. The van der Waals surface area contributed by atoms with Crippen molar-refractivity contribution in [3.63, 3.8) is 0 Å². The summed E-state index contributed by atoms with van der Waals surface area (Å²) in [6, 6.07) is 19.4. The lowest BCUT2D eigenvalue weighted by Crippen LogP contribution is -2.37. The average Bonchev–Trinajstić information content (AvgIpc) is 3.01. The SMILES string of the molecule is O=C(CC1C(=O)N(c2ccccc2)C(=S)N1Cc1ccc(F)cc1)Nc1ccc(F)cc1. The molecule has 1 aliphatic heterocycles. The third-order valence-corrected chi connectivity index (χ3v) is 5.52. The molecule has 3 aromatic rings. The molecule has 2 amide bonds. The van der Waals surface area contributed by atoms with Crippen LogP contribution in [0.4, 0.5) is 20.2 Å². The first-order valence-electron chi connectivity index (χ1n) is 9.92. The Bertz CT molecular complexity index is 1140. The fourth-order valence-corrected chi connectivity index (χ4v) is 3.92. The largest absolute Gasteiger partial charge is 0.332 e. The van der Waals surface area contributed by atoms with E-state index in [1.807, 2.05) is 6.07 Å². The number of halogens is 2. The van der Waals surface area contributed by atoms with Gasteiger partial charge in [0, 0.05) is 12.2 Å². The summed E-state index contributed by atoms with van der Waals surface area (Å²) in [6.45, 7) is 0.239. The van der Waals surface area contributed by atoms with Gasteiger partial charge in [-0.2, -0.15) is 0 Å². The number of para-hydroxylation sites is 1. The summed E-state index contributed by atoms with van der Waals surface area (Å²) >= 11 is 5.60. The molecule has 1 heterocycles. The van der Waals surface area contributed by atoms with Gasteiger partial charge in [0.25, 0.3) is 5.91 Å². The van der Waals surface area contributed by atoms with E-state index in [0.717, 1.165) is 5.56 Å². The minimum atomic E-state index is -0.840. The summed E-state index contributed by atoms with van der Waals surface area (Å²) in [7, 11) is 0. The number of benzene rings is 3. The second-order valence-electron chi connectivity index (χ2n) is 7.32. The Morgan fingerprint density at radius 2 is 1.50 bits per heavy atom. The second-order valence-corrected chi connectivity index (χ2v) is 7.69. The van der Waals surface area contributed by atoms with Crippen LogP contribution in [0.3, 0.4) is 0 Å². The molecule has 3 aromatic carbocycles. The van der Waals surface area contributed by atoms with Crippen molar-refractivity contribution >= 4 is 40.5 Å². The number of carbonyl (C=O) groups is 2. The van der Waals surface area contributed by atoms with Gasteiger partial charge in [-0.25, -0.2) is 8.78 Å². The molecule has 0 aromatic heterocycles. The number of nitrogens with zero attached hydrogens (tertiary/aromatic N) is 2. The van der Waals surface area contributed by atoms with Crippen LogP contribution in [0.5, 0.6) is 0 Å². The number of anilines is 2. The van der Waals surface area contributed by atoms with E-state index in [9.17, 15) is 18.4 Å². The molecule has 1 unspecified atom stereocenters. The maximum atomic E-state index is 13.3. The molecule has 0 aliphatic carbocycles. The van der Waals surface area contributed by atoms with Gasteiger partial charge in [-0.3, -0.25) is 14.5 Å². The smallest absolute Gasteiger partial charge is 0.256 e. The lowest BCUT2D eigenvalue weighted by Gasteiger charge is -2.24. The van der Waals surface area contributed by atoms with Crippen LogP contribution in [0.1, 0.15) is 12.0 Å². The standard InChI is InChI=1S/C24H19F2N3O2S/c25-17-8-6-16(7-9-17)15-28-21(14-22(30)27-19-12-10-18(26)11-13-19)23(31)29(24(28)32)20-4-2-1-3-5-20/h1-13,21H,14-15H2,(H,27,30). The molecule has 32 heavy (non-hydrogen) atoms. The normalized spacial score (nSPS) is 15.9. The Hall–Kier alpha value is -3.65. The van der Waals surface area contributed by atoms with Crippen molar-refractivity contribution in [2.24, 2.45) is 0 Å². The molecule has 0 saturated carbocycles. The highest BCUT2D eigenvalue weighted by Crippen LogP contribution is 2.29. The molecule has 4 rings (SSSR count). The van der Waals surface area contributed by atoms with Gasteiger partial charge in [-0.05, 0) is 66.3 Å². The van der Waals surface area contributed by atoms with Crippen LogP contribution in [0.25, 0.3) is 0 Å². The van der Waals surface area contributed by atoms with Crippen molar-refractivity contribution in [3.8, 4) is 0 Å². The molecule has 0 bridgehead atoms. The lowest BCUT2D eigenvalue weighted by atomic mass is 10.1. The van der Waals surface area contributed by atoms with Crippen LogP contribution in [0.2, 0.25) is 0 Å². The van der Waals surface area contributed by atoms with Crippen LogP contribution in [0, 0.1) is 11.6 Å². The van der Waals surface area contributed by atoms with E-state index in [1.54, 1.807) is 41.3 Å². The highest BCUT2D eigenvalue weighted by Gasteiger charge is 2.44. The first-order valence-corrected chi connectivity index (χ1v) is 10.3. The number of hydrogen-bond acceptors (Lipinski definition) is 3. The van der Waals surface area contributed by atoms with Gasteiger partial charge < -0.3 is 10.2 Å². The molecule has 1 saturated heterocycles. The van der Waals surface area contributed by atoms with E-state index in [2.05, 4.69) is 5.32 Å². The molecular weight excluding hydrogens is 432 g/mol. The van der Waals surface area contributed by atoms with Crippen LogP contribution < -0.4 is 10.2 Å². The summed E-state index contributed by atoms with van der Waals surface area (Å²) in [6.07, 6.45) is -0.152. The van der Waals surface area contributed by atoms with Crippen molar-refractivity contribution in [2.45, 2.75) is 19.0 Å². The minimum Gasteiger partial charge on any atom is -0.332 e. The molecule has 1 fully saturated rings. The molecule has 1 aliphatic rings. The minimum absolute atomic E-state index is 0.152. The van der Waals surface area contributed by atoms with Crippen molar-refractivity contribution in [1.82, 2.24) is 4.90 Å². The van der Waals surface area contributed by atoms with Gasteiger partial charge in [-0.15, -0.1) is 0 Å². The van der Waals surface area contributed by atoms with E-state index >= 15 is 0 Å². The van der Waals surface area contributed by atoms with E-state index in [4.69, 9.17) is 12.2 Å². The van der Waals surface area contributed by atoms with Crippen molar-refractivity contribution in [1.29, 1.82) is 0 Å². The Morgan fingerprint density at radius 3 is 2.12 bits per heavy atom. The van der Waals surface area contributed by atoms with Crippen LogP contribution >= 0.6 is 12.2 Å². The van der Waals surface area contributed by atoms with Crippen molar-refractivity contribution in [3.05, 3.63) is 96.1 Å². The topological polar surface area (TPSA) is 52.7 Å². The van der Waals surface area contributed by atoms with E-state index in [0.29, 0.717) is 11.4 Å². The predicted octanol–water partition coefficient (Wildman–Crippen LogP) is 4.50. The molecule has 0 spiro atoms. The van der Waals surface area contributed by atoms with Gasteiger partial charge in [0.1, 0.15) is 17.7 Å². The zero-order chi connectivity index (χ0) is 22.7. The van der Waals surface area contributed by atoms with Gasteiger partial charge in [0.2, 0.25) is 5.91 Å². The number of rotatable bonds is 6. The first kappa shape index (κ1) is 21.6. The molecular formula is C24H19F2N3O2S. The van der Waals surface area contributed by atoms with Gasteiger partial charge in [0.15, 0.2) is 5.11 Å². The monoisotopic (exact) mass is 451 g/mol. The molecule has 162 valence electrons. The highest BCUT2D eigenvalue weighted by molar-refractivity contribution is 7.80. The van der Waals surface area contributed by atoms with Crippen LogP contribution in [-0.4, -0.2) is 27.9 Å². The second kappa shape index (κ2) is 9.23. The summed E-state index contributed by atoms with van der Waals surface area (Å²) in [5.41, 5.74) is 1.78. The summed E-state index contributed by atoms with van der Waals surface area (Å²) < 4.78 is 26.5. The average molecular weight is 451 g/mol. The third kappa shape index (κ3) is 4.65. The molecule has 1 N–H and O–H groups in total. The Balaban J connectivity index is 1.58. The van der Waals surface area contributed by atoms with E-state index in [-0.39, 0.29) is 29.8 Å². The number of nitrogens with one attached hydrogen (secondary N) is 1. The Labute approximate surface area is 189 Å². The quantitative estimate of drug-likeness (QED) is 0.561. The number of carbonyl (C=O) groups excluding carboxylic acids is 2. The maximum absolute atomic E-state index is 13.3. The third-order valence-electron chi connectivity index (χ3n) is 5.11. The van der Waals surface area contributed by atoms with Crippen molar-refractivity contribution < 1.29 is 18.4 Å². The van der Waals surface area contributed by atoms with E-state index < -0.39 is 17.8 Å². The summed E-state index contributed by atoms with van der Waals surface area (Å²) in [5, 5.41) is 2.95. The Morgan fingerprint density at radius 1 is 0.906 bits per heavy atom. The molecule has 0 radical (unpaired) electrons. The van der Waals surface area contributed by atoms with E-state index in [1.165, 1.54) is 41.3 Å². The summed E-state index contributed by atoms with van der Waals surface area (Å²) in [4.78, 5) is 29.1. The number of amides is 2. The zero-order valence-corrected chi connectivity index (χ0v) is 17.7. The highest BCUT2D eigenvalue weighted by atomic mass is 32.1. The van der Waals surface area contributed by atoms with Gasteiger partial charge >= 0.3 is 0 Å². The maximum Gasteiger partial charge on any atom is 0.256 e. The van der Waals surface area contributed by atoms with Crippen LogP contribution in [0.15, 0.2) is 78.9 Å². The van der Waals surface area contributed by atoms with Crippen LogP contribution in [-0.2, 0) is 16.1 Å². The molecule has 1 atom stereocenters. The van der Waals surface area contributed by atoms with Crippen molar-refractivity contribution in [2.75, 3.05) is 10.2 Å². The first-order chi connectivity index (χ1) is 15.4. The Kier molecular flexibility index (Phi) is 6.23. The summed E-state index contributed by atoms with van der Waals surface area (Å²) in [5.74, 6) is -1.51. The zero-order valence-electron chi connectivity index (χ0n) is 16.9. The van der Waals surface area contributed by atoms with Gasteiger partial charge in [-0.1, -0.05) is 30.3 Å². The molecule has 8 heteroatoms. The van der Waals surface area contributed by atoms with Gasteiger partial charge in [0.05, 0.1) is 12.1 Å².